The van der Waals surface area contributed by atoms with Gasteiger partial charge in [-0.05, 0) is 51.4 Å². The second-order valence-electron chi connectivity index (χ2n) is 4.24. The van der Waals surface area contributed by atoms with Crippen molar-refractivity contribution in [3.05, 3.63) is 48.6 Å². The van der Waals surface area contributed by atoms with E-state index in [1.165, 1.54) is 51.4 Å². The molecule has 2 rings (SSSR count). The Morgan fingerprint density at radius 2 is 0.526 bits per heavy atom. The second-order valence-corrected chi connectivity index (χ2v) is 6.60. The molecule has 2 aliphatic carbocycles. The minimum atomic E-state index is -0.106. The third kappa shape index (κ3) is 18.2. The molecule has 0 atom stereocenters. The van der Waals surface area contributed by atoms with Crippen molar-refractivity contribution in [2.75, 3.05) is 0 Å². The van der Waals surface area contributed by atoms with Crippen LogP contribution in [-0.2, 0) is 15.9 Å². The van der Waals surface area contributed by atoms with E-state index < -0.39 is 0 Å². The van der Waals surface area contributed by atoms with E-state index in [1.807, 2.05) is 0 Å². The Morgan fingerprint density at radius 1 is 0.421 bits per heavy atom. The summed E-state index contributed by atoms with van der Waals surface area (Å²) >= 11 is -0.106. The molecule has 0 saturated carbocycles. The van der Waals surface area contributed by atoms with Crippen molar-refractivity contribution >= 4 is 19.1 Å². The fraction of sp³-hybridized carbons (Fsp3) is 0.500. The van der Waals surface area contributed by atoms with Crippen LogP contribution in [0.1, 0.15) is 51.4 Å². The monoisotopic (exact) mass is 392 g/mol. The first-order chi connectivity index (χ1) is 9.41. The maximum atomic E-state index is 4.81. The Balaban J connectivity index is 0.000000284. The number of hydrogen-bond acceptors (Lipinski definition) is 0. The molecule has 0 saturated heterocycles. The van der Waals surface area contributed by atoms with Gasteiger partial charge in [0.1, 0.15) is 0 Å². The van der Waals surface area contributed by atoms with Crippen LogP contribution < -0.4 is 0 Å². The summed E-state index contributed by atoms with van der Waals surface area (Å²) in [5.74, 6) is 0. The topological polar surface area (TPSA) is 0 Å². The Morgan fingerprint density at radius 3 is 0.632 bits per heavy atom. The summed E-state index contributed by atoms with van der Waals surface area (Å²) in [4.78, 5) is 0. The predicted octanol–water partition coefficient (Wildman–Crippen LogP) is 6.72. The van der Waals surface area contributed by atoms with Gasteiger partial charge in [-0.1, -0.05) is 48.6 Å². The van der Waals surface area contributed by atoms with Crippen LogP contribution in [0.4, 0.5) is 0 Å². The average molecular weight is 394 g/mol. The maximum absolute atomic E-state index is 4.81. The van der Waals surface area contributed by atoms with Gasteiger partial charge in [-0.15, -0.1) is 0 Å². The van der Waals surface area contributed by atoms with Gasteiger partial charge >= 0.3 is 35.0 Å². The van der Waals surface area contributed by atoms with Crippen LogP contribution in [0.25, 0.3) is 0 Å². The Labute approximate surface area is 134 Å². The molecule has 0 aromatic heterocycles. The molecule has 0 bridgehead atoms. The van der Waals surface area contributed by atoms with E-state index in [0.717, 1.165) is 0 Å². The van der Waals surface area contributed by atoms with Crippen LogP contribution in [-0.4, -0.2) is 0 Å². The first-order valence-electron chi connectivity index (χ1n) is 6.84. The van der Waals surface area contributed by atoms with Crippen LogP contribution in [0.5, 0.6) is 0 Å². The SMILES string of the molecule is C1=CCCC=CCC1.C1=CCCC=CCC1.[Cl][Pd][Cl]. The molecule has 0 spiro atoms. The van der Waals surface area contributed by atoms with Gasteiger partial charge in [0.2, 0.25) is 0 Å². The van der Waals surface area contributed by atoms with Gasteiger partial charge in [-0.2, -0.15) is 0 Å². The molecular weight excluding hydrogens is 370 g/mol. The fourth-order valence-corrected chi connectivity index (χ4v) is 1.71. The van der Waals surface area contributed by atoms with E-state index in [4.69, 9.17) is 19.1 Å². The molecule has 3 heteroatoms. The molecule has 0 aliphatic heterocycles. The zero-order valence-corrected chi connectivity index (χ0v) is 14.4. The standard InChI is InChI=1S/2C8H12.2ClH.Pd/c2*1-2-4-6-8-7-5-3-1;;;/h2*1-2,7-8H,3-6H2;2*1H;/q;;;;+2/p-2. The predicted molar refractivity (Wildman–Crippen MR) is 85.2 cm³/mol. The Hall–Kier alpha value is 0.202. The van der Waals surface area contributed by atoms with Crippen molar-refractivity contribution in [3.63, 3.8) is 0 Å². The van der Waals surface area contributed by atoms with Crippen molar-refractivity contribution in [2.45, 2.75) is 51.4 Å². The summed E-state index contributed by atoms with van der Waals surface area (Å²) in [5, 5.41) is 0. The van der Waals surface area contributed by atoms with Crippen molar-refractivity contribution in [2.24, 2.45) is 0 Å². The normalized spacial score (nSPS) is 18.0. The van der Waals surface area contributed by atoms with Gasteiger partial charge in [-0.25, -0.2) is 0 Å². The zero-order chi connectivity index (χ0) is 14.0. The van der Waals surface area contributed by atoms with Gasteiger partial charge in [0.25, 0.3) is 0 Å². The molecular formula is C16H24Cl2Pd. The van der Waals surface area contributed by atoms with E-state index in [1.54, 1.807) is 0 Å². The van der Waals surface area contributed by atoms with Crippen LogP contribution in [0.15, 0.2) is 48.6 Å². The van der Waals surface area contributed by atoms with Gasteiger partial charge < -0.3 is 0 Å². The molecule has 0 radical (unpaired) electrons. The molecule has 0 heterocycles. The molecule has 0 aromatic rings. The summed E-state index contributed by atoms with van der Waals surface area (Å²) in [5.41, 5.74) is 0. The first-order valence-corrected chi connectivity index (χ1v) is 10.8. The van der Waals surface area contributed by atoms with E-state index in [0.29, 0.717) is 0 Å². The average Bonchev–Trinajstić information content (AvgIpc) is 2.28. The molecule has 0 amide bonds. The number of rotatable bonds is 0. The van der Waals surface area contributed by atoms with Crippen LogP contribution in [0.3, 0.4) is 0 Å². The summed E-state index contributed by atoms with van der Waals surface area (Å²) in [6, 6.07) is 0. The summed E-state index contributed by atoms with van der Waals surface area (Å²) in [6.45, 7) is 0. The van der Waals surface area contributed by atoms with Crippen LogP contribution in [0.2, 0.25) is 0 Å². The minimum absolute atomic E-state index is 0.106. The van der Waals surface area contributed by atoms with Gasteiger partial charge in [0.05, 0.1) is 0 Å². The third-order valence-electron chi connectivity index (χ3n) is 2.67. The first kappa shape index (κ1) is 19.2. The van der Waals surface area contributed by atoms with E-state index in [2.05, 4.69) is 48.6 Å². The van der Waals surface area contributed by atoms with Crippen LogP contribution >= 0.6 is 19.1 Å². The van der Waals surface area contributed by atoms with Gasteiger partial charge in [-0.3, -0.25) is 0 Å². The number of hydrogen-bond donors (Lipinski definition) is 0. The quantitative estimate of drug-likeness (QED) is 0.316. The summed E-state index contributed by atoms with van der Waals surface area (Å²) in [6.07, 6.45) is 28.0. The third-order valence-corrected chi connectivity index (χ3v) is 2.67. The molecule has 0 N–H and O–H groups in total. The Kier molecular flexibility index (Phi) is 18.4. The van der Waals surface area contributed by atoms with E-state index in [9.17, 15) is 0 Å². The summed E-state index contributed by atoms with van der Waals surface area (Å²) in [7, 11) is 9.63. The summed E-state index contributed by atoms with van der Waals surface area (Å²) < 4.78 is 0. The molecule has 19 heavy (non-hydrogen) atoms. The van der Waals surface area contributed by atoms with Crippen molar-refractivity contribution < 1.29 is 15.9 Å². The van der Waals surface area contributed by atoms with Gasteiger partial charge in [0, 0.05) is 0 Å². The molecule has 0 nitrogen and oxygen atoms in total. The number of halogens is 2. The van der Waals surface area contributed by atoms with Crippen molar-refractivity contribution in [1.29, 1.82) is 0 Å². The molecule has 0 unspecified atom stereocenters. The zero-order valence-electron chi connectivity index (χ0n) is 11.3. The van der Waals surface area contributed by atoms with E-state index in [-0.39, 0.29) is 15.9 Å². The molecule has 0 fully saturated rings. The van der Waals surface area contributed by atoms with E-state index >= 15 is 0 Å². The number of allylic oxidation sites excluding steroid dienone is 8. The van der Waals surface area contributed by atoms with Crippen molar-refractivity contribution in [1.82, 2.24) is 0 Å². The Bertz CT molecular complexity index is 200. The molecule has 0 aromatic carbocycles. The van der Waals surface area contributed by atoms with Crippen LogP contribution in [0, 0.1) is 0 Å². The fourth-order valence-electron chi connectivity index (χ4n) is 1.71. The van der Waals surface area contributed by atoms with Gasteiger partial charge in [0.15, 0.2) is 0 Å². The molecule has 112 valence electrons. The second kappa shape index (κ2) is 18.2. The van der Waals surface area contributed by atoms with Crippen molar-refractivity contribution in [3.8, 4) is 0 Å². The molecule has 2 aliphatic rings.